The van der Waals surface area contributed by atoms with Crippen LogP contribution >= 0.6 is 0 Å². The lowest BCUT2D eigenvalue weighted by Gasteiger charge is -1.98. The summed E-state index contributed by atoms with van der Waals surface area (Å²) >= 11 is 0. The molecule has 0 aliphatic carbocycles. The average Bonchev–Trinajstić information content (AvgIpc) is 3.05. The topological polar surface area (TPSA) is 26.0 Å². The molecule has 0 fully saturated rings. The monoisotopic (exact) mass is 297 g/mol. The molecular formula is C21H15NO. The van der Waals surface area contributed by atoms with Crippen LogP contribution in [-0.2, 0) is 0 Å². The Morgan fingerprint density at radius 2 is 1.43 bits per heavy atom. The van der Waals surface area contributed by atoms with Crippen molar-refractivity contribution in [3.8, 4) is 11.5 Å². The molecule has 3 aromatic carbocycles. The van der Waals surface area contributed by atoms with Gasteiger partial charge in [0.25, 0.3) is 0 Å². The van der Waals surface area contributed by atoms with Gasteiger partial charge in [-0.1, -0.05) is 66.7 Å². The van der Waals surface area contributed by atoms with Crippen molar-refractivity contribution in [2.75, 3.05) is 0 Å². The first-order valence-corrected chi connectivity index (χ1v) is 7.58. The average molecular weight is 297 g/mol. The number of para-hydroxylation sites is 2. The van der Waals surface area contributed by atoms with Gasteiger partial charge in [0, 0.05) is 5.56 Å². The fourth-order valence-electron chi connectivity index (χ4n) is 2.53. The van der Waals surface area contributed by atoms with E-state index in [1.807, 2.05) is 54.6 Å². The molecule has 0 spiro atoms. The zero-order valence-corrected chi connectivity index (χ0v) is 12.5. The van der Waals surface area contributed by atoms with Crippen molar-refractivity contribution >= 4 is 23.3 Å². The third kappa shape index (κ3) is 2.92. The second-order valence-electron chi connectivity index (χ2n) is 5.36. The van der Waals surface area contributed by atoms with Gasteiger partial charge in [-0.2, -0.15) is 0 Å². The van der Waals surface area contributed by atoms with Crippen molar-refractivity contribution in [1.82, 2.24) is 4.98 Å². The lowest BCUT2D eigenvalue weighted by molar-refractivity contribution is 0.620. The molecule has 23 heavy (non-hydrogen) atoms. The normalized spacial score (nSPS) is 11.3. The molecule has 2 heteroatoms. The van der Waals surface area contributed by atoms with Crippen LogP contribution in [-0.4, -0.2) is 4.98 Å². The van der Waals surface area contributed by atoms with E-state index in [4.69, 9.17) is 4.42 Å². The summed E-state index contributed by atoms with van der Waals surface area (Å²) in [7, 11) is 0. The summed E-state index contributed by atoms with van der Waals surface area (Å²) < 4.78 is 5.84. The minimum Gasteiger partial charge on any atom is -0.436 e. The summed E-state index contributed by atoms with van der Waals surface area (Å²) in [6.07, 6.45) is 4.20. The number of rotatable bonds is 3. The van der Waals surface area contributed by atoms with Crippen LogP contribution in [0.15, 0.2) is 83.3 Å². The summed E-state index contributed by atoms with van der Waals surface area (Å²) in [5.41, 5.74) is 4.98. The second-order valence-corrected chi connectivity index (χ2v) is 5.36. The molecule has 0 bridgehead atoms. The summed E-state index contributed by atoms with van der Waals surface area (Å²) in [6, 6.07) is 26.3. The maximum absolute atomic E-state index is 5.84. The highest BCUT2D eigenvalue weighted by Gasteiger charge is 2.07. The van der Waals surface area contributed by atoms with E-state index in [-0.39, 0.29) is 0 Å². The molecule has 2 nitrogen and oxygen atoms in total. The molecular weight excluding hydrogens is 282 g/mol. The predicted octanol–water partition coefficient (Wildman–Crippen LogP) is 5.67. The quantitative estimate of drug-likeness (QED) is 0.456. The van der Waals surface area contributed by atoms with E-state index in [0.29, 0.717) is 5.89 Å². The molecule has 0 atom stereocenters. The molecule has 0 radical (unpaired) electrons. The molecule has 0 saturated carbocycles. The Morgan fingerprint density at radius 1 is 0.696 bits per heavy atom. The van der Waals surface area contributed by atoms with E-state index in [1.54, 1.807) is 0 Å². The summed E-state index contributed by atoms with van der Waals surface area (Å²) in [6.45, 7) is 0. The van der Waals surface area contributed by atoms with Gasteiger partial charge in [-0.15, -0.1) is 0 Å². The number of oxazole rings is 1. The molecule has 0 saturated heterocycles. The van der Waals surface area contributed by atoms with Crippen molar-refractivity contribution in [2.45, 2.75) is 0 Å². The molecule has 0 N–H and O–H groups in total. The number of benzene rings is 3. The Bertz CT molecular complexity index is 934. The van der Waals surface area contributed by atoms with Crippen molar-refractivity contribution in [3.05, 3.63) is 90.0 Å². The van der Waals surface area contributed by atoms with Crippen LogP contribution in [0.1, 0.15) is 11.1 Å². The third-order valence-corrected chi connectivity index (χ3v) is 3.70. The van der Waals surface area contributed by atoms with Gasteiger partial charge in [0.15, 0.2) is 5.58 Å². The molecule has 4 rings (SSSR count). The van der Waals surface area contributed by atoms with Gasteiger partial charge in [-0.25, -0.2) is 4.98 Å². The first kappa shape index (κ1) is 13.5. The van der Waals surface area contributed by atoms with E-state index in [0.717, 1.165) is 22.2 Å². The van der Waals surface area contributed by atoms with E-state index in [1.165, 1.54) is 5.56 Å². The molecule has 4 aromatic rings. The van der Waals surface area contributed by atoms with Crippen molar-refractivity contribution in [3.63, 3.8) is 0 Å². The predicted molar refractivity (Wildman–Crippen MR) is 94.8 cm³/mol. The molecule has 0 unspecified atom stereocenters. The van der Waals surface area contributed by atoms with Crippen LogP contribution in [0.2, 0.25) is 0 Å². The van der Waals surface area contributed by atoms with Crippen molar-refractivity contribution < 1.29 is 4.42 Å². The Morgan fingerprint density at radius 3 is 2.30 bits per heavy atom. The lowest BCUT2D eigenvalue weighted by atomic mass is 10.1. The fourth-order valence-corrected chi connectivity index (χ4v) is 2.53. The second kappa shape index (κ2) is 5.93. The largest absolute Gasteiger partial charge is 0.436 e. The molecule has 0 aliphatic heterocycles. The van der Waals surface area contributed by atoms with Gasteiger partial charge in [0.05, 0.1) is 0 Å². The summed E-state index contributed by atoms with van der Waals surface area (Å²) in [5, 5.41) is 0. The molecule has 0 amide bonds. The van der Waals surface area contributed by atoms with Crippen LogP contribution in [0.5, 0.6) is 0 Å². The first-order valence-electron chi connectivity index (χ1n) is 7.58. The van der Waals surface area contributed by atoms with Gasteiger partial charge >= 0.3 is 0 Å². The zero-order valence-electron chi connectivity index (χ0n) is 12.5. The van der Waals surface area contributed by atoms with E-state index in [9.17, 15) is 0 Å². The number of hydrogen-bond donors (Lipinski definition) is 0. The van der Waals surface area contributed by atoms with Crippen LogP contribution in [0, 0.1) is 0 Å². The van der Waals surface area contributed by atoms with Gasteiger partial charge in [0.2, 0.25) is 5.89 Å². The molecule has 110 valence electrons. The summed E-state index contributed by atoms with van der Waals surface area (Å²) in [5.74, 6) is 0.654. The van der Waals surface area contributed by atoms with Crippen LogP contribution < -0.4 is 0 Å². The van der Waals surface area contributed by atoms with E-state index < -0.39 is 0 Å². The molecule has 1 aromatic heterocycles. The lowest BCUT2D eigenvalue weighted by Crippen LogP contribution is -1.79. The highest BCUT2D eigenvalue weighted by molar-refractivity contribution is 5.77. The number of aromatic nitrogens is 1. The fraction of sp³-hybridized carbons (Fsp3) is 0. The van der Waals surface area contributed by atoms with Gasteiger partial charge in [0.1, 0.15) is 5.52 Å². The minimum atomic E-state index is 0.654. The van der Waals surface area contributed by atoms with Crippen LogP contribution in [0.25, 0.3) is 34.7 Å². The highest BCUT2D eigenvalue weighted by atomic mass is 16.3. The Kier molecular flexibility index (Phi) is 3.49. The SMILES string of the molecule is C(=Cc1cccc(-c2nc3ccccc3o2)c1)c1ccccc1. The van der Waals surface area contributed by atoms with E-state index in [2.05, 4.69) is 41.4 Å². The summed E-state index contributed by atoms with van der Waals surface area (Å²) in [4.78, 5) is 4.55. The van der Waals surface area contributed by atoms with Gasteiger partial charge in [-0.3, -0.25) is 0 Å². The third-order valence-electron chi connectivity index (χ3n) is 3.70. The van der Waals surface area contributed by atoms with Crippen molar-refractivity contribution in [1.29, 1.82) is 0 Å². The van der Waals surface area contributed by atoms with Crippen molar-refractivity contribution in [2.24, 2.45) is 0 Å². The van der Waals surface area contributed by atoms with Gasteiger partial charge < -0.3 is 4.42 Å². The maximum atomic E-state index is 5.84. The number of fused-ring (bicyclic) bond motifs is 1. The maximum Gasteiger partial charge on any atom is 0.227 e. The standard InChI is InChI=1S/C21H15NO/c1-2-7-16(8-3-1)13-14-17-9-6-10-18(15-17)21-22-19-11-4-5-12-20(19)23-21/h1-15H. The molecule has 1 heterocycles. The number of hydrogen-bond acceptors (Lipinski definition) is 2. The zero-order chi connectivity index (χ0) is 15.5. The Balaban J connectivity index is 1.67. The van der Waals surface area contributed by atoms with Crippen LogP contribution in [0.3, 0.4) is 0 Å². The molecule has 0 aliphatic rings. The minimum absolute atomic E-state index is 0.654. The van der Waals surface area contributed by atoms with Gasteiger partial charge in [-0.05, 0) is 35.4 Å². The number of nitrogens with zero attached hydrogens (tertiary/aromatic N) is 1. The highest BCUT2D eigenvalue weighted by Crippen LogP contribution is 2.25. The smallest absolute Gasteiger partial charge is 0.227 e. The Hall–Kier alpha value is -3.13. The first-order chi connectivity index (χ1) is 11.4. The van der Waals surface area contributed by atoms with Crippen LogP contribution in [0.4, 0.5) is 0 Å². The van der Waals surface area contributed by atoms with E-state index >= 15 is 0 Å². The Labute approximate surface area is 134 Å².